The van der Waals surface area contributed by atoms with Gasteiger partial charge in [0.15, 0.2) is 0 Å². The molecule has 1 amide bonds. The summed E-state index contributed by atoms with van der Waals surface area (Å²) in [5.74, 6) is 0.837. The van der Waals surface area contributed by atoms with E-state index in [1.165, 1.54) is 6.20 Å². The van der Waals surface area contributed by atoms with E-state index in [-0.39, 0.29) is 11.9 Å². The fourth-order valence-electron chi connectivity index (χ4n) is 3.09. The Morgan fingerprint density at radius 1 is 1.50 bits per heavy atom. The first-order chi connectivity index (χ1) is 11.5. The van der Waals surface area contributed by atoms with Crippen molar-refractivity contribution in [3.8, 4) is 0 Å². The fourth-order valence-corrected chi connectivity index (χ4v) is 3.21. The zero-order valence-electron chi connectivity index (χ0n) is 13.9. The van der Waals surface area contributed by atoms with Crippen LogP contribution in [0.15, 0.2) is 24.4 Å². The molecule has 1 saturated heterocycles. The molecule has 2 aromatic heterocycles. The first-order valence-electron chi connectivity index (χ1n) is 8.21. The van der Waals surface area contributed by atoms with Crippen LogP contribution in [0.25, 0.3) is 0 Å². The number of amides is 1. The minimum Gasteiger partial charge on any atom is -0.309 e. The Morgan fingerprint density at radius 3 is 3.00 bits per heavy atom. The number of aryl methyl sites for hydroxylation is 1. The van der Waals surface area contributed by atoms with Crippen molar-refractivity contribution < 1.29 is 4.79 Å². The fraction of sp³-hybridized carbons (Fsp3) is 0.471. The Hall–Kier alpha value is -1.92. The summed E-state index contributed by atoms with van der Waals surface area (Å²) in [6.07, 6.45) is 3.69. The molecule has 0 spiro atoms. The topological polar surface area (TPSA) is 73.9 Å². The lowest BCUT2D eigenvalue weighted by molar-refractivity contribution is -0.121. The average Bonchev–Trinajstić information content (AvgIpc) is 3.03. The van der Waals surface area contributed by atoms with Crippen molar-refractivity contribution in [2.75, 3.05) is 18.4 Å². The predicted octanol–water partition coefficient (Wildman–Crippen LogP) is 2.97. The largest absolute Gasteiger partial charge is 0.309 e. The molecule has 2 N–H and O–H groups in total. The SMILES string of the molecule is Cc1cc([C@@H]2CCCN([C@@H](C)C(=O)Nc3ccc(Cl)cn3)C2)n[nH]1. The number of rotatable bonds is 4. The van der Waals surface area contributed by atoms with Crippen molar-refractivity contribution in [2.24, 2.45) is 0 Å². The number of anilines is 1. The zero-order valence-corrected chi connectivity index (χ0v) is 14.7. The molecular formula is C17H22ClN5O. The molecule has 0 aliphatic carbocycles. The van der Waals surface area contributed by atoms with E-state index in [1.807, 2.05) is 13.8 Å². The van der Waals surface area contributed by atoms with Crippen LogP contribution in [0.5, 0.6) is 0 Å². The molecule has 2 atom stereocenters. The van der Waals surface area contributed by atoms with Gasteiger partial charge in [0, 0.05) is 24.4 Å². The molecule has 0 saturated carbocycles. The molecule has 0 bridgehead atoms. The van der Waals surface area contributed by atoms with Gasteiger partial charge in [-0.15, -0.1) is 0 Å². The molecular weight excluding hydrogens is 326 g/mol. The van der Waals surface area contributed by atoms with Gasteiger partial charge in [0.25, 0.3) is 0 Å². The summed E-state index contributed by atoms with van der Waals surface area (Å²) in [4.78, 5) is 18.8. The van der Waals surface area contributed by atoms with Crippen LogP contribution >= 0.6 is 11.6 Å². The van der Waals surface area contributed by atoms with Crippen LogP contribution in [0, 0.1) is 6.92 Å². The van der Waals surface area contributed by atoms with E-state index in [1.54, 1.807) is 12.1 Å². The maximum absolute atomic E-state index is 12.5. The number of hydrogen-bond acceptors (Lipinski definition) is 4. The molecule has 0 radical (unpaired) electrons. The van der Waals surface area contributed by atoms with Gasteiger partial charge in [-0.05, 0) is 51.4 Å². The van der Waals surface area contributed by atoms with Gasteiger partial charge in [-0.25, -0.2) is 4.98 Å². The molecule has 0 unspecified atom stereocenters. The van der Waals surface area contributed by atoms with E-state index in [2.05, 4.69) is 31.5 Å². The van der Waals surface area contributed by atoms with Crippen molar-refractivity contribution in [1.29, 1.82) is 0 Å². The smallest absolute Gasteiger partial charge is 0.242 e. The van der Waals surface area contributed by atoms with Crippen molar-refractivity contribution in [3.05, 3.63) is 40.8 Å². The van der Waals surface area contributed by atoms with Crippen LogP contribution in [0.1, 0.15) is 37.1 Å². The third-order valence-corrected chi connectivity index (χ3v) is 4.73. The van der Waals surface area contributed by atoms with Gasteiger partial charge in [-0.1, -0.05) is 11.6 Å². The van der Waals surface area contributed by atoms with Crippen molar-refractivity contribution >= 4 is 23.3 Å². The number of nitrogens with zero attached hydrogens (tertiary/aromatic N) is 3. The van der Waals surface area contributed by atoms with Gasteiger partial charge in [-0.3, -0.25) is 14.8 Å². The molecule has 7 heteroatoms. The highest BCUT2D eigenvalue weighted by Gasteiger charge is 2.29. The highest BCUT2D eigenvalue weighted by atomic mass is 35.5. The van der Waals surface area contributed by atoms with Crippen LogP contribution in [-0.4, -0.2) is 45.1 Å². The molecule has 24 heavy (non-hydrogen) atoms. The zero-order chi connectivity index (χ0) is 17.1. The van der Waals surface area contributed by atoms with E-state index < -0.39 is 0 Å². The number of carbonyl (C=O) groups excluding carboxylic acids is 1. The average molecular weight is 348 g/mol. The number of aromatic amines is 1. The van der Waals surface area contributed by atoms with Crippen LogP contribution in [0.2, 0.25) is 5.02 Å². The summed E-state index contributed by atoms with van der Waals surface area (Å²) in [5, 5.41) is 10.8. The number of likely N-dealkylation sites (tertiary alicyclic amines) is 1. The summed E-state index contributed by atoms with van der Waals surface area (Å²) < 4.78 is 0. The van der Waals surface area contributed by atoms with Crippen molar-refractivity contribution in [1.82, 2.24) is 20.1 Å². The first kappa shape index (κ1) is 16.9. The minimum atomic E-state index is -0.217. The molecule has 2 aromatic rings. The second-order valence-corrected chi connectivity index (χ2v) is 6.77. The normalized spacial score (nSPS) is 19.9. The maximum Gasteiger partial charge on any atom is 0.242 e. The Kier molecular flexibility index (Phi) is 5.16. The Labute approximate surface area is 146 Å². The highest BCUT2D eigenvalue weighted by molar-refractivity contribution is 6.30. The Morgan fingerprint density at radius 2 is 2.33 bits per heavy atom. The van der Waals surface area contributed by atoms with E-state index in [9.17, 15) is 4.79 Å². The standard InChI is InChI=1S/C17H22ClN5O/c1-11-8-15(22-21-11)13-4-3-7-23(10-13)12(2)17(24)20-16-6-5-14(18)9-19-16/h5-6,8-9,12-13H,3-4,7,10H2,1-2H3,(H,21,22)(H,19,20,24)/t12-,13+/m0/s1. The number of H-pyrrole nitrogens is 1. The molecule has 1 aliphatic rings. The number of hydrogen-bond donors (Lipinski definition) is 2. The molecule has 1 aliphatic heterocycles. The molecule has 3 rings (SSSR count). The monoisotopic (exact) mass is 347 g/mol. The van der Waals surface area contributed by atoms with Crippen LogP contribution in [0.4, 0.5) is 5.82 Å². The Bertz CT molecular complexity index is 699. The summed E-state index contributed by atoms with van der Waals surface area (Å²) >= 11 is 5.82. The molecule has 3 heterocycles. The molecule has 128 valence electrons. The lowest BCUT2D eigenvalue weighted by Crippen LogP contribution is -2.46. The molecule has 0 aromatic carbocycles. The van der Waals surface area contributed by atoms with E-state index in [0.717, 1.165) is 37.3 Å². The summed E-state index contributed by atoms with van der Waals surface area (Å²) in [5.41, 5.74) is 2.16. The number of piperidine rings is 1. The lowest BCUT2D eigenvalue weighted by Gasteiger charge is -2.35. The van der Waals surface area contributed by atoms with Crippen LogP contribution in [0.3, 0.4) is 0 Å². The third-order valence-electron chi connectivity index (χ3n) is 4.50. The maximum atomic E-state index is 12.5. The van der Waals surface area contributed by atoms with Crippen LogP contribution < -0.4 is 5.32 Å². The van der Waals surface area contributed by atoms with E-state index in [0.29, 0.717) is 16.8 Å². The van der Waals surface area contributed by atoms with Gasteiger partial charge >= 0.3 is 0 Å². The van der Waals surface area contributed by atoms with Gasteiger partial charge in [0.1, 0.15) is 5.82 Å². The third kappa shape index (κ3) is 3.94. The number of halogens is 1. The van der Waals surface area contributed by atoms with Crippen LogP contribution in [-0.2, 0) is 4.79 Å². The quantitative estimate of drug-likeness (QED) is 0.891. The number of nitrogens with one attached hydrogen (secondary N) is 2. The number of aromatic nitrogens is 3. The minimum absolute atomic E-state index is 0.0521. The highest BCUT2D eigenvalue weighted by Crippen LogP contribution is 2.27. The summed E-state index contributed by atoms with van der Waals surface area (Å²) in [7, 11) is 0. The summed E-state index contributed by atoms with van der Waals surface area (Å²) in [6.45, 7) is 5.70. The lowest BCUT2D eigenvalue weighted by atomic mass is 9.93. The van der Waals surface area contributed by atoms with Gasteiger partial charge < -0.3 is 5.32 Å². The van der Waals surface area contributed by atoms with Crippen molar-refractivity contribution in [3.63, 3.8) is 0 Å². The second kappa shape index (κ2) is 7.32. The Balaban J connectivity index is 1.62. The van der Waals surface area contributed by atoms with Gasteiger partial charge in [0.2, 0.25) is 5.91 Å². The van der Waals surface area contributed by atoms with Gasteiger partial charge in [0.05, 0.1) is 16.8 Å². The second-order valence-electron chi connectivity index (χ2n) is 6.34. The number of pyridine rings is 1. The summed E-state index contributed by atoms with van der Waals surface area (Å²) in [6, 6.07) is 5.30. The number of carbonyl (C=O) groups is 1. The first-order valence-corrected chi connectivity index (χ1v) is 8.59. The molecule has 1 fully saturated rings. The van der Waals surface area contributed by atoms with E-state index in [4.69, 9.17) is 11.6 Å². The van der Waals surface area contributed by atoms with Crippen molar-refractivity contribution in [2.45, 2.75) is 38.6 Å². The predicted molar refractivity (Wildman–Crippen MR) is 94.2 cm³/mol. The molecule has 6 nitrogen and oxygen atoms in total. The van der Waals surface area contributed by atoms with E-state index >= 15 is 0 Å². The van der Waals surface area contributed by atoms with Gasteiger partial charge in [-0.2, -0.15) is 5.10 Å².